The van der Waals surface area contributed by atoms with Gasteiger partial charge in [-0.05, 0) is 18.7 Å². The second-order valence-electron chi connectivity index (χ2n) is 3.82. The number of nitrogens with zero attached hydrogens (tertiary/aromatic N) is 1. The molecular formula is C11H15BrN2. The van der Waals surface area contributed by atoms with Crippen LogP contribution in [0.5, 0.6) is 0 Å². The number of rotatable bonds is 3. The molecule has 1 aliphatic rings. The number of hydrogen-bond donors (Lipinski definition) is 1. The first-order valence-corrected chi connectivity index (χ1v) is 5.71. The molecule has 1 heterocycles. The number of likely N-dealkylation sites (N-methyl/N-ethyl adjacent to an activating group) is 1. The van der Waals surface area contributed by atoms with Crippen molar-refractivity contribution in [1.82, 2.24) is 10.2 Å². The van der Waals surface area contributed by atoms with E-state index in [0.29, 0.717) is 6.04 Å². The van der Waals surface area contributed by atoms with Gasteiger partial charge in [0.1, 0.15) is 0 Å². The van der Waals surface area contributed by atoms with Gasteiger partial charge in [-0.2, -0.15) is 0 Å². The van der Waals surface area contributed by atoms with Crippen LogP contribution in [0, 0.1) is 0 Å². The van der Waals surface area contributed by atoms with E-state index in [1.165, 1.54) is 10.0 Å². The standard InChI is InChI=1S/C11H15BrN2/c1-14(10-6-13-7-10)8-9-4-2-3-5-11(9)12/h2-5,10,13H,6-8H2,1H3. The Balaban J connectivity index is 1.99. The number of halogens is 1. The van der Waals surface area contributed by atoms with Crippen molar-refractivity contribution in [3.05, 3.63) is 34.3 Å². The second-order valence-corrected chi connectivity index (χ2v) is 4.67. The SMILES string of the molecule is CN(Cc1ccccc1Br)C1CNC1. The monoisotopic (exact) mass is 254 g/mol. The Labute approximate surface area is 93.4 Å². The quantitative estimate of drug-likeness (QED) is 0.886. The third kappa shape index (κ3) is 2.16. The molecule has 0 bridgehead atoms. The largest absolute Gasteiger partial charge is 0.314 e. The smallest absolute Gasteiger partial charge is 0.0345 e. The Hall–Kier alpha value is -0.380. The van der Waals surface area contributed by atoms with Crippen LogP contribution < -0.4 is 5.32 Å². The van der Waals surface area contributed by atoms with Gasteiger partial charge in [0.05, 0.1) is 0 Å². The highest BCUT2D eigenvalue weighted by atomic mass is 79.9. The van der Waals surface area contributed by atoms with Gasteiger partial charge >= 0.3 is 0 Å². The molecule has 1 fully saturated rings. The van der Waals surface area contributed by atoms with Crippen molar-refractivity contribution >= 4 is 15.9 Å². The Morgan fingerprint density at radius 3 is 2.71 bits per heavy atom. The lowest BCUT2D eigenvalue weighted by Crippen LogP contribution is -2.55. The lowest BCUT2D eigenvalue weighted by atomic mass is 10.1. The molecular weight excluding hydrogens is 240 g/mol. The maximum absolute atomic E-state index is 3.57. The summed E-state index contributed by atoms with van der Waals surface area (Å²) < 4.78 is 1.21. The highest BCUT2D eigenvalue weighted by Gasteiger charge is 2.21. The van der Waals surface area contributed by atoms with E-state index in [0.717, 1.165) is 19.6 Å². The average Bonchev–Trinajstić information content (AvgIpc) is 2.05. The van der Waals surface area contributed by atoms with Crippen LogP contribution in [0.2, 0.25) is 0 Å². The lowest BCUT2D eigenvalue weighted by molar-refractivity contribution is 0.173. The van der Waals surface area contributed by atoms with Gasteiger partial charge in [0, 0.05) is 30.1 Å². The van der Waals surface area contributed by atoms with E-state index in [4.69, 9.17) is 0 Å². The minimum absolute atomic E-state index is 0.710. The van der Waals surface area contributed by atoms with Gasteiger partial charge in [-0.1, -0.05) is 34.1 Å². The molecule has 1 N–H and O–H groups in total. The summed E-state index contributed by atoms with van der Waals surface area (Å²) in [4.78, 5) is 2.40. The van der Waals surface area contributed by atoms with Gasteiger partial charge in [0.25, 0.3) is 0 Å². The van der Waals surface area contributed by atoms with Crippen molar-refractivity contribution in [1.29, 1.82) is 0 Å². The van der Waals surface area contributed by atoms with Gasteiger partial charge in [0.15, 0.2) is 0 Å². The van der Waals surface area contributed by atoms with Crippen LogP contribution in [0.25, 0.3) is 0 Å². The summed E-state index contributed by atoms with van der Waals surface area (Å²) in [6, 6.07) is 9.13. The molecule has 3 heteroatoms. The van der Waals surface area contributed by atoms with Gasteiger partial charge in [-0.15, -0.1) is 0 Å². The average molecular weight is 255 g/mol. The summed E-state index contributed by atoms with van der Waals surface area (Å²) in [6.45, 7) is 3.27. The van der Waals surface area contributed by atoms with Crippen LogP contribution >= 0.6 is 15.9 Å². The third-order valence-electron chi connectivity index (χ3n) is 2.76. The normalized spacial score (nSPS) is 17.1. The predicted molar refractivity (Wildman–Crippen MR) is 62.3 cm³/mol. The molecule has 1 aromatic carbocycles. The summed E-state index contributed by atoms with van der Waals surface area (Å²) in [5.74, 6) is 0. The van der Waals surface area contributed by atoms with Crippen LogP contribution in [0.4, 0.5) is 0 Å². The van der Waals surface area contributed by atoms with E-state index in [9.17, 15) is 0 Å². The zero-order valence-corrected chi connectivity index (χ0v) is 9.92. The molecule has 0 spiro atoms. The van der Waals surface area contributed by atoms with Gasteiger partial charge < -0.3 is 5.32 Å². The maximum atomic E-state index is 3.57. The van der Waals surface area contributed by atoms with Crippen LogP contribution in [0.15, 0.2) is 28.7 Å². The molecule has 1 aliphatic heterocycles. The fraction of sp³-hybridized carbons (Fsp3) is 0.455. The zero-order chi connectivity index (χ0) is 9.97. The molecule has 1 aromatic rings. The maximum Gasteiger partial charge on any atom is 0.0345 e. The van der Waals surface area contributed by atoms with E-state index >= 15 is 0 Å². The highest BCUT2D eigenvalue weighted by Crippen LogP contribution is 2.18. The van der Waals surface area contributed by atoms with E-state index in [1.807, 2.05) is 0 Å². The predicted octanol–water partition coefficient (Wildman–Crippen LogP) is 1.85. The number of hydrogen-bond acceptors (Lipinski definition) is 2. The summed E-state index contributed by atoms with van der Waals surface area (Å²) in [6.07, 6.45) is 0. The zero-order valence-electron chi connectivity index (χ0n) is 8.33. The minimum atomic E-state index is 0.710. The molecule has 76 valence electrons. The summed E-state index contributed by atoms with van der Waals surface area (Å²) in [5.41, 5.74) is 1.36. The van der Waals surface area contributed by atoms with Crippen LogP contribution in [-0.2, 0) is 6.54 Å². The minimum Gasteiger partial charge on any atom is -0.314 e. The van der Waals surface area contributed by atoms with Crippen LogP contribution in [0.3, 0.4) is 0 Å². The summed E-state index contributed by atoms with van der Waals surface area (Å²) >= 11 is 3.57. The van der Waals surface area contributed by atoms with E-state index in [1.54, 1.807) is 0 Å². The number of nitrogens with one attached hydrogen (secondary N) is 1. The molecule has 0 saturated carbocycles. The van der Waals surface area contributed by atoms with E-state index in [2.05, 4.69) is 57.5 Å². The van der Waals surface area contributed by atoms with Gasteiger partial charge in [0.2, 0.25) is 0 Å². The van der Waals surface area contributed by atoms with Gasteiger partial charge in [-0.3, -0.25) is 4.90 Å². The molecule has 2 rings (SSSR count). The van der Waals surface area contributed by atoms with Crippen molar-refractivity contribution < 1.29 is 0 Å². The molecule has 0 radical (unpaired) electrons. The third-order valence-corrected chi connectivity index (χ3v) is 3.53. The fourth-order valence-corrected chi connectivity index (χ4v) is 2.02. The molecule has 0 aromatic heterocycles. The Morgan fingerprint density at radius 1 is 1.43 bits per heavy atom. The molecule has 0 atom stereocenters. The van der Waals surface area contributed by atoms with Crippen LogP contribution in [0.1, 0.15) is 5.56 Å². The highest BCUT2D eigenvalue weighted by molar-refractivity contribution is 9.10. The molecule has 2 nitrogen and oxygen atoms in total. The Kier molecular flexibility index (Phi) is 3.21. The summed E-state index contributed by atoms with van der Waals surface area (Å²) in [7, 11) is 2.19. The van der Waals surface area contributed by atoms with Gasteiger partial charge in [-0.25, -0.2) is 0 Å². The molecule has 1 saturated heterocycles. The van der Waals surface area contributed by atoms with Crippen molar-refractivity contribution in [3.63, 3.8) is 0 Å². The Morgan fingerprint density at radius 2 is 2.14 bits per heavy atom. The van der Waals surface area contributed by atoms with Crippen molar-refractivity contribution in [3.8, 4) is 0 Å². The van der Waals surface area contributed by atoms with E-state index in [-0.39, 0.29) is 0 Å². The van der Waals surface area contributed by atoms with Crippen LogP contribution in [-0.4, -0.2) is 31.1 Å². The first kappa shape index (κ1) is 10.1. The first-order chi connectivity index (χ1) is 6.77. The molecule has 14 heavy (non-hydrogen) atoms. The van der Waals surface area contributed by atoms with Crippen molar-refractivity contribution in [2.45, 2.75) is 12.6 Å². The lowest BCUT2D eigenvalue weighted by Gasteiger charge is -2.35. The molecule has 0 amide bonds. The van der Waals surface area contributed by atoms with Crippen molar-refractivity contribution in [2.24, 2.45) is 0 Å². The topological polar surface area (TPSA) is 15.3 Å². The molecule has 0 unspecified atom stereocenters. The van der Waals surface area contributed by atoms with E-state index < -0.39 is 0 Å². The molecule has 0 aliphatic carbocycles. The second kappa shape index (κ2) is 4.43. The number of benzene rings is 1. The Bertz CT molecular complexity index is 310. The summed E-state index contributed by atoms with van der Waals surface area (Å²) in [5, 5.41) is 3.29. The first-order valence-electron chi connectivity index (χ1n) is 4.92. The van der Waals surface area contributed by atoms with Crippen molar-refractivity contribution in [2.75, 3.05) is 20.1 Å². The fourth-order valence-electron chi connectivity index (χ4n) is 1.61.